The van der Waals surface area contributed by atoms with Crippen LogP contribution in [0.25, 0.3) is 0 Å². The minimum Gasteiger partial charge on any atom is -0.349 e. The molecule has 0 atom stereocenters. The molecule has 0 bridgehead atoms. The zero-order chi connectivity index (χ0) is 15.7. The largest absolute Gasteiger partial charge is 0.349 e. The van der Waals surface area contributed by atoms with E-state index < -0.39 is 10.0 Å². The molecule has 1 aromatic heterocycles. The standard InChI is InChI=1S/C15H27N3O2S/c1-5-17-12-14(10-13(17)11-16-4)21(19,20)18-8-6-15(2,3)7-9-18/h10,12,16H,5-9,11H2,1-4H3. The van der Waals surface area contributed by atoms with E-state index in [4.69, 9.17) is 0 Å². The Balaban J connectivity index is 2.24. The van der Waals surface area contributed by atoms with E-state index in [1.807, 2.05) is 18.5 Å². The fourth-order valence-electron chi connectivity index (χ4n) is 2.77. The molecule has 5 nitrogen and oxygen atoms in total. The van der Waals surface area contributed by atoms with Crippen LogP contribution in [-0.2, 0) is 23.1 Å². The summed E-state index contributed by atoms with van der Waals surface area (Å²) < 4.78 is 29.2. The maximum absolute atomic E-state index is 12.8. The Labute approximate surface area is 128 Å². The second kappa shape index (κ2) is 6.10. The molecule has 1 saturated heterocycles. The van der Waals surface area contributed by atoms with Crippen LogP contribution < -0.4 is 5.32 Å². The van der Waals surface area contributed by atoms with Gasteiger partial charge < -0.3 is 9.88 Å². The molecule has 0 amide bonds. The Bertz CT molecular complexity index is 580. The molecule has 0 aromatic carbocycles. The van der Waals surface area contributed by atoms with Gasteiger partial charge in [0.15, 0.2) is 0 Å². The van der Waals surface area contributed by atoms with E-state index in [9.17, 15) is 8.42 Å². The van der Waals surface area contributed by atoms with E-state index in [-0.39, 0.29) is 5.41 Å². The van der Waals surface area contributed by atoms with E-state index in [1.54, 1.807) is 16.6 Å². The zero-order valence-corrected chi connectivity index (χ0v) is 14.3. The van der Waals surface area contributed by atoms with Crippen LogP contribution in [0.3, 0.4) is 0 Å². The quantitative estimate of drug-likeness (QED) is 0.905. The van der Waals surface area contributed by atoms with Crippen molar-refractivity contribution in [2.75, 3.05) is 20.1 Å². The van der Waals surface area contributed by atoms with Crippen molar-refractivity contribution >= 4 is 10.0 Å². The van der Waals surface area contributed by atoms with Crippen molar-refractivity contribution < 1.29 is 8.42 Å². The van der Waals surface area contributed by atoms with Gasteiger partial charge in [0.25, 0.3) is 0 Å². The fourth-order valence-corrected chi connectivity index (χ4v) is 4.28. The highest BCUT2D eigenvalue weighted by Crippen LogP contribution is 2.32. The number of sulfonamides is 1. The average Bonchev–Trinajstić information content (AvgIpc) is 2.82. The highest BCUT2D eigenvalue weighted by molar-refractivity contribution is 7.89. The minimum atomic E-state index is -3.36. The monoisotopic (exact) mass is 313 g/mol. The van der Waals surface area contributed by atoms with Gasteiger partial charge in [-0.05, 0) is 38.3 Å². The minimum absolute atomic E-state index is 0.249. The van der Waals surface area contributed by atoms with Gasteiger partial charge in [0.1, 0.15) is 4.90 Å². The van der Waals surface area contributed by atoms with Gasteiger partial charge >= 0.3 is 0 Å². The molecule has 1 aliphatic heterocycles. The second-order valence-corrected chi connectivity index (χ2v) is 8.49. The van der Waals surface area contributed by atoms with Crippen LogP contribution in [0.2, 0.25) is 0 Å². The number of hydrogen-bond donors (Lipinski definition) is 1. The number of piperidine rings is 1. The molecule has 0 spiro atoms. The molecule has 2 heterocycles. The summed E-state index contributed by atoms with van der Waals surface area (Å²) in [4.78, 5) is 0.425. The first kappa shape index (κ1) is 16.5. The van der Waals surface area contributed by atoms with Crippen LogP contribution in [0.4, 0.5) is 0 Å². The number of rotatable bonds is 5. The smallest absolute Gasteiger partial charge is 0.244 e. The van der Waals surface area contributed by atoms with Crippen LogP contribution in [0.15, 0.2) is 17.2 Å². The van der Waals surface area contributed by atoms with E-state index in [0.29, 0.717) is 24.5 Å². The van der Waals surface area contributed by atoms with Crippen molar-refractivity contribution in [2.24, 2.45) is 5.41 Å². The predicted molar refractivity (Wildman–Crippen MR) is 84.6 cm³/mol. The molecule has 21 heavy (non-hydrogen) atoms. The lowest BCUT2D eigenvalue weighted by atomic mass is 9.83. The molecule has 0 saturated carbocycles. The summed E-state index contributed by atoms with van der Waals surface area (Å²) in [6.07, 6.45) is 3.61. The first-order valence-electron chi connectivity index (χ1n) is 7.64. The molecule has 1 aliphatic rings. The first-order valence-corrected chi connectivity index (χ1v) is 9.08. The van der Waals surface area contributed by atoms with Crippen molar-refractivity contribution in [3.8, 4) is 0 Å². The summed E-state index contributed by atoms with van der Waals surface area (Å²) in [6.45, 7) is 9.13. The third-order valence-corrected chi connectivity index (χ3v) is 6.24. The number of nitrogens with one attached hydrogen (secondary N) is 1. The van der Waals surface area contributed by atoms with E-state index >= 15 is 0 Å². The van der Waals surface area contributed by atoms with E-state index in [2.05, 4.69) is 19.2 Å². The molecule has 0 radical (unpaired) electrons. The highest BCUT2D eigenvalue weighted by atomic mass is 32.2. The summed E-state index contributed by atoms with van der Waals surface area (Å²) >= 11 is 0. The van der Waals surface area contributed by atoms with Gasteiger partial charge in [-0.3, -0.25) is 0 Å². The summed E-state index contributed by atoms with van der Waals surface area (Å²) in [7, 11) is -1.49. The maximum Gasteiger partial charge on any atom is 0.244 e. The summed E-state index contributed by atoms with van der Waals surface area (Å²) in [6, 6.07) is 1.80. The van der Waals surface area contributed by atoms with Gasteiger partial charge in [0.05, 0.1) is 0 Å². The van der Waals surface area contributed by atoms with Gasteiger partial charge in [0.2, 0.25) is 10.0 Å². The summed E-state index contributed by atoms with van der Waals surface area (Å²) in [5.74, 6) is 0. The van der Waals surface area contributed by atoms with Crippen LogP contribution in [0.1, 0.15) is 39.3 Å². The Morgan fingerprint density at radius 3 is 2.43 bits per heavy atom. The van der Waals surface area contributed by atoms with Gasteiger partial charge in [-0.25, -0.2) is 8.42 Å². The summed E-state index contributed by atoms with van der Waals surface area (Å²) in [5.41, 5.74) is 1.26. The van der Waals surface area contributed by atoms with Crippen molar-refractivity contribution in [2.45, 2.75) is 51.6 Å². The average molecular weight is 313 g/mol. The second-order valence-electron chi connectivity index (χ2n) is 6.55. The molecule has 1 fully saturated rings. The maximum atomic E-state index is 12.8. The Hall–Kier alpha value is -0.850. The molecule has 0 aliphatic carbocycles. The summed E-state index contributed by atoms with van der Waals surface area (Å²) in [5, 5.41) is 3.08. The lowest BCUT2D eigenvalue weighted by Gasteiger charge is -2.35. The molecule has 1 aromatic rings. The fraction of sp³-hybridized carbons (Fsp3) is 0.733. The van der Waals surface area contributed by atoms with Crippen molar-refractivity contribution in [3.63, 3.8) is 0 Å². The third kappa shape index (κ3) is 3.49. The van der Waals surface area contributed by atoms with Gasteiger partial charge in [-0.1, -0.05) is 13.8 Å². The van der Waals surface area contributed by atoms with Gasteiger partial charge in [-0.2, -0.15) is 4.31 Å². The Morgan fingerprint density at radius 2 is 1.90 bits per heavy atom. The number of aromatic nitrogens is 1. The lowest BCUT2D eigenvalue weighted by Crippen LogP contribution is -2.40. The van der Waals surface area contributed by atoms with Crippen LogP contribution in [-0.4, -0.2) is 37.4 Å². The number of nitrogens with zero attached hydrogens (tertiary/aromatic N) is 2. The Morgan fingerprint density at radius 1 is 1.29 bits per heavy atom. The predicted octanol–water partition coefficient (Wildman–Crippen LogP) is 2.04. The SMILES string of the molecule is CCn1cc(S(=O)(=O)N2CCC(C)(C)CC2)cc1CNC. The van der Waals surface area contributed by atoms with E-state index in [1.165, 1.54) is 0 Å². The lowest BCUT2D eigenvalue weighted by molar-refractivity contribution is 0.196. The molecular formula is C15H27N3O2S. The number of aryl methyl sites for hydroxylation is 1. The van der Waals surface area contributed by atoms with Crippen molar-refractivity contribution in [3.05, 3.63) is 18.0 Å². The molecule has 0 unspecified atom stereocenters. The van der Waals surface area contributed by atoms with Crippen LogP contribution in [0, 0.1) is 5.41 Å². The zero-order valence-electron chi connectivity index (χ0n) is 13.5. The molecular weight excluding hydrogens is 286 g/mol. The van der Waals surface area contributed by atoms with Gasteiger partial charge in [0, 0.05) is 38.1 Å². The highest BCUT2D eigenvalue weighted by Gasteiger charge is 2.33. The van der Waals surface area contributed by atoms with Crippen molar-refractivity contribution in [1.82, 2.24) is 14.2 Å². The normalized spacial score (nSPS) is 19.8. The molecule has 2 rings (SSSR count). The first-order chi connectivity index (χ1) is 9.80. The van der Waals surface area contributed by atoms with Crippen LogP contribution in [0.5, 0.6) is 0 Å². The molecule has 1 N–H and O–H groups in total. The Kier molecular flexibility index (Phi) is 4.80. The van der Waals surface area contributed by atoms with Gasteiger partial charge in [-0.15, -0.1) is 0 Å². The topological polar surface area (TPSA) is 54.3 Å². The molecule has 120 valence electrons. The van der Waals surface area contributed by atoms with E-state index in [0.717, 1.165) is 25.1 Å². The van der Waals surface area contributed by atoms with Crippen LogP contribution >= 0.6 is 0 Å². The number of hydrogen-bond acceptors (Lipinski definition) is 3. The third-order valence-electron chi connectivity index (χ3n) is 4.37. The van der Waals surface area contributed by atoms with Crippen molar-refractivity contribution in [1.29, 1.82) is 0 Å². The molecule has 6 heteroatoms.